The number of hydrogen-bond acceptors (Lipinski definition) is 3. The number of nitrogens with two attached hydrogens (primary N) is 1. The predicted molar refractivity (Wildman–Crippen MR) is 50.1 cm³/mol. The molecule has 3 heteroatoms. The van der Waals surface area contributed by atoms with Crippen LogP contribution < -0.4 is 5.73 Å². The van der Waals surface area contributed by atoms with Crippen molar-refractivity contribution in [1.82, 2.24) is 4.90 Å². The molecule has 0 spiro atoms. The van der Waals surface area contributed by atoms with Gasteiger partial charge < -0.3 is 10.5 Å². The van der Waals surface area contributed by atoms with Crippen molar-refractivity contribution in [3.8, 4) is 0 Å². The third kappa shape index (κ3) is 2.73. The molecule has 1 saturated heterocycles. The standard InChI is InChI=1S/C9H20N2O/c1-2-9(8-10)11-4-3-6-12-7-5-11/h9H,2-8,10H2,1H3. The first-order chi connectivity index (χ1) is 5.88. The van der Waals surface area contributed by atoms with E-state index in [-0.39, 0.29) is 0 Å². The van der Waals surface area contributed by atoms with Gasteiger partial charge in [0, 0.05) is 32.3 Å². The molecule has 3 nitrogen and oxygen atoms in total. The summed E-state index contributed by atoms with van der Waals surface area (Å²) in [6.45, 7) is 6.96. The Morgan fingerprint density at radius 1 is 1.42 bits per heavy atom. The first kappa shape index (κ1) is 9.96. The second kappa shape index (κ2) is 5.51. The van der Waals surface area contributed by atoms with Gasteiger partial charge in [-0.15, -0.1) is 0 Å². The van der Waals surface area contributed by atoms with Crippen LogP contribution >= 0.6 is 0 Å². The Balaban J connectivity index is 2.35. The molecule has 0 aliphatic carbocycles. The molecule has 0 bridgehead atoms. The van der Waals surface area contributed by atoms with Crippen LogP contribution in [0.1, 0.15) is 19.8 Å². The average Bonchev–Trinajstić information content (AvgIpc) is 2.35. The molecular formula is C9H20N2O. The lowest BCUT2D eigenvalue weighted by Gasteiger charge is -2.27. The molecule has 0 aromatic heterocycles. The molecule has 0 amide bonds. The average molecular weight is 172 g/mol. The van der Waals surface area contributed by atoms with E-state index < -0.39 is 0 Å². The van der Waals surface area contributed by atoms with Crippen LogP contribution in [0.4, 0.5) is 0 Å². The van der Waals surface area contributed by atoms with Gasteiger partial charge >= 0.3 is 0 Å². The number of nitrogens with zero attached hydrogens (tertiary/aromatic N) is 1. The van der Waals surface area contributed by atoms with E-state index in [1.54, 1.807) is 0 Å². The van der Waals surface area contributed by atoms with Crippen LogP contribution in [0.2, 0.25) is 0 Å². The summed E-state index contributed by atoms with van der Waals surface area (Å²) in [6.07, 6.45) is 2.30. The lowest BCUT2D eigenvalue weighted by molar-refractivity contribution is 0.131. The smallest absolute Gasteiger partial charge is 0.0593 e. The first-order valence-corrected chi connectivity index (χ1v) is 4.90. The molecule has 1 atom stereocenters. The van der Waals surface area contributed by atoms with E-state index in [2.05, 4.69) is 11.8 Å². The van der Waals surface area contributed by atoms with Crippen LogP contribution in [-0.4, -0.2) is 43.8 Å². The Morgan fingerprint density at radius 2 is 2.25 bits per heavy atom. The molecule has 0 aromatic rings. The van der Waals surface area contributed by atoms with Crippen molar-refractivity contribution in [2.45, 2.75) is 25.8 Å². The predicted octanol–water partition coefficient (Wildman–Crippen LogP) is 0.446. The van der Waals surface area contributed by atoms with Gasteiger partial charge in [-0.2, -0.15) is 0 Å². The van der Waals surface area contributed by atoms with Gasteiger partial charge in [0.1, 0.15) is 0 Å². The third-order valence-corrected chi connectivity index (χ3v) is 2.52. The normalized spacial score (nSPS) is 23.5. The molecule has 0 radical (unpaired) electrons. The van der Waals surface area contributed by atoms with Crippen molar-refractivity contribution in [2.75, 3.05) is 32.8 Å². The van der Waals surface area contributed by atoms with Crippen LogP contribution in [0.3, 0.4) is 0 Å². The molecule has 1 fully saturated rings. The van der Waals surface area contributed by atoms with E-state index in [1.807, 2.05) is 0 Å². The Labute approximate surface area is 74.9 Å². The minimum absolute atomic E-state index is 0.562. The van der Waals surface area contributed by atoms with Crippen molar-refractivity contribution < 1.29 is 4.74 Å². The highest BCUT2D eigenvalue weighted by Crippen LogP contribution is 2.06. The van der Waals surface area contributed by atoms with Crippen LogP contribution in [0, 0.1) is 0 Å². The lowest BCUT2D eigenvalue weighted by atomic mass is 10.2. The number of hydrogen-bond donors (Lipinski definition) is 1. The van der Waals surface area contributed by atoms with Crippen LogP contribution in [0.5, 0.6) is 0 Å². The molecule has 0 saturated carbocycles. The van der Waals surface area contributed by atoms with Gasteiger partial charge in [-0.3, -0.25) is 4.90 Å². The zero-order chi connectivity index (χ0) is 8.81. The Kier molecular flexibility index (Phi) is 4.58. The summed E-state index contributed by atoms with van der Waals surface area (Å²) in [7, 11) is 0. The molecule has 2 N–H and O–H groups in total. The van der Waals surface area contributed by atoms with Gasteiger partial charge in [0.05, 0.1) is 6.61 Å². The summed E-state index contributed by atoms with van der Waals surface area (Å²) in [6, 6.07) is 0.562. The van der Waals surface area contributed by atoms with Gasteiger partial charge in [0.15, 0.2) is 0 Å². The van der Waals surface area contributed by atoms with E-state index in [4.69, 9.17) is 10.5 Å². The fourth-order valence-electron chi connectivity index (χ4n) is 1.70. The van der Waals surface area contributed by atoms with Crippen LogP contribution in [0.15, 0.2) is 0 Å². The molecule has 1 unspecified atom stereocenters. The molecule has 1 aliphatic heterocycles. The van der Waals surface area contributed by atoms with Crippen molar-refractivity contribution in [3.05, 3.63) is 0 Å². The topological polar surface area (TPSA) is 38.5 Å². The summed E-state index contributed by atoms with van der Waals surface area (Å²) in [5.74, 6) is 0. The minimum atomic E-state index is 0.562. The summed E-state index contributed by atoms with van der Waals surface area (Å²) in [5.41, 5.74) is 5.68. The SMILES string of the molecule is CCC(CN)N1CCCOCC1. The van der Waals surface area contributed by atoms with Gasteiger partial charge in [0.2, 0.25) is 0 Å². The third-order valence-electron chi connectivity index (χ3n) is 2.52. The molecule has 0 aromatic carbocycles. The van der Waals surface area contributed by atoms with E-state index in [9.17, 15) is 0 Å². The van der Waals surface area contributed by atoms with Crippen LogP contribution in [0.25, 0.3) is 0 Å². The highest BCUT2D eigenvalue weighted by atomic mass is 16.5. The van der Waals surface area contributed by atoms with Gasteiger partial charge in [0.25, 0.3) is 0 Å². The maximum absolute atomic E-state index is 5.68. The second-order valence-corrected chi connectivity index (χ2v) is 3.30. The lowest BCUT2D eigenvalue weighted by Crippen LogP contribution is -2.41. The van der Waals surface area contributed by atoms with E-state index in [0.717, 1.165) is 45.7 Å². The summed E-state index contributed by atoms with van der Waals surface area (Å²) in [5, 5.41) is 0. The maximum atomic E-state index is 5.68. The number of ether oxygens (including phenoxy) is 1. The summed E-state index contributed by atoms with van der Waals surface area (Å²) in [4.78, 5) is 2.45. The molecule has 1 rings (SSSR count). The highest BCUT2D eigenvalue weighted by Gasteiger charge is 2.16. The number of rotatable bonds is 3. The van der Waals surface area contributed by atoms with E-state index in [1.165, 1.54) is 0 Å². The van der Waals surface area contributed by atoms with Crippen LogP contribution in [-0.2, 0) is 4.74 Å². The highest BCUT2D eigenvalue weighted by molar-refractivity contribution is 4.72. The Bertz CT molecular complexity index is 107. The molecule has 1 aliphatic rings. The fourth-order valence-corrected chi connectivity index (χ4v) is 1.70. The molecule has 12 heavy (non-hydrogen) atoms. The second-order valence-electron chi connectivity index (χ2n) is 3.30. The summed E-state index contributed by atoms with van der Waals surface area (Å²) >= 11 is 0. The maximum Gasteiger partial charge on any atom is 0.0593 e. The molecule has 1 heterocycles. The Morgan fingerprint density at radius 3 is 2.92 bits per heavy atom. The molecule has 72 valence electrons. The largest absolute Gasteiger partial charge is 0.380 e. The zero-order valence-electron chi connectivity index (χ0n) is 7.96. The van der Waals surface area contributed by atoms with Gasteiger partial charge in [-0.05, 0) is 12.8 Å². The van der Waals surface area contributed by atoms with E-state index in [0.29, 0.717) is 6.04 Å². The Hall–Kier alpha value is -0.120. The minimum Gasteiger partial charge on any atom is -0.380 e. The fraction of sp³-hybridized carbons (Fsp3) is 1.00. The van der Waals surface area contributed by atoms with Gasteiger partial charge in [-0.1, -0.05) is 6.92 Å². The van der Waals surface area contributed by atoms with Crippen molar-refractivity contribution in [2.24, 2.45) is 5.73 Å². The van der Waals surface area contributed by atoms with Crippen molar-refractivity contribution >= 4 is 0 Å². The first-order valence-electron chi connectivity index (χ1n) is 4.90. The monoisotopic (exact) mass is 172 g/mol. The zero-order valence-corrected chi connectivity index (χ0v) is 7.96. The molecular weight excluding hydrogens is 152 g/mol. The summed E-state index contributed by atoms with van der Waals surface area (Å²) < 4.78 is 5.38. The van der Waals surface area contributed by atoms with E-state index >= 15 is 0 Å². The van der Waals surface area contributed by atoms with Crippen molar-refractivity contribution in [3.63, 3.8) is 0 Å². The van der Waals surface area contributed by atoms with Crippen molar-refractivity contribution in [1.29, 1.82) is 0 Å². The van der Waals surface area contributed by atoms with Gasteiger partial charge in [-0.25, -0.2) is 0 Å². The quantitative estimate of drug-likeness (QED) is 0.671.